The van der Waals surface area contributed by atoms with Gasteiger partial charge in [-0.15, -0.1) is 0 Å². The topological polar surface area (TPSA) is 41.6 Å². The van der Waals surface area contributed by atoms with E-state index < -0.39 is 0 Å². The van der Waals surface area contributed by atoms with Gasteiger partial charge in [-0.25, -0.2) is 0 Å². The highest BCUT2D eigenvalue weighted by atomic mass is 16.5. The molecule has 4 nitrogen and oxygen atoms in total. The minimum atomic E-state index is 0.187. The minimum absolute atomic E-state index is 0.187. The van der Waals surface area contributed by atoms with Crippen LogP contribution in [0.5, 0.6) is 5.75 Å². The van der Waals surface area contributed by atoms with Crippen LogP contribution in [0, 0.1) is 5.92 Å². The van der Waals surface area contributed by atoms with Crippen molar-refractivity contribution >= 4 is 5.91 Å². The second-order valence-electron chi connectivity index (χ2n) is 5.95. The number of nitrogens with one attached hydrogen (secondary N) is 1. The van der Waals surface area contributed by atoms with Gasteiger partial charge in [-0.05, 0) is 31.4 Å². The molecule has 1 fully saturated rings. The molecule has 0 saturated carbocycles. The Hall–Kier alpha value is -1.55. The maximum absolute atomic E-state index is 12.4. The summed E-state index contributed by atoms with van der Waals surface area (Å²) in [5.41, 5.74) is 1.04. The molecule has 0 aliphatic carbocycles. The van der Waals surface area contributed by atoms with E-state index in [9.17, 15) is 4.79 Å². The highest BCUT2D eigenvalue weighted by Crippen LogP contribution is 2.21. The first kappa shape index (κ1) is 15.8. The van der Waals surface area contributed by atoms with Crippen LogP contribution in [0.15, 0.2) is 24.3 Å². The van der Waals surface area contributed by atoms with Gasteiger partial charge in [0.15, 0.2) is 0 Å². The molecule has 1 aliphatic heterocycles. The third-order valence-corrected chi connectivity index (χ3v) is 4.35. The van der Waals surface area contributed by atoms with Gasteiger partial charge in [-0.3, -0.25) is 4.79 Å². The van der Waals surface area contributed by atoms with Crippen LogP contribution in [-0.4, -0.2) is 37.6 Å². The van der Waals surface area contributed by atoms with Gasteiger partial charge < -0.3 is 15.0 Å². The molecule has 1 saturated heterocycles. The normalized spacial score (nSPS) is 21.9. The number of hydrogen-bond acceptors (Lipinski definition) is 3. The Labute approximate surface area is 127 Å². The highest BCUT2D eigenvalue weighted by molar-refractivity contribution is 5.76. The standard InChI is InChI=1S/C17H26N2O2/c1-13-7-6-10-18-15(13)11-17(20)19(2)12-14-8-4-5-9-16(14)21-3/h4-5,8-9,13,15,18H,6-7,10-12H2,1-3H3. The highest BCUT2D eigenvalue weighted by Gasteiger charge is 2.24. The fourth-order valence-corrected chi connectivity index (χ4v) is 2.91. The third kappa shape index (κ3) is 4.21. The summed E-state index contributed by atoms with van der Waals surface area (Å²) >= 11 is 0. The van der Waals surface area contributed by atoms with Crippen molar-refractivity contribution in [2.75, 3.05) is 20.7 Å². The van der Waals surface area contributed by atoms with Crippen LogP contribution in [-0.2, 0) is 11.3 Å². The Morgan fingerprint density at radius 3 is 2.90 bits per heavy atom. The molecule has 1 aliphatic rings. The van der Waals surface area contributed by atoms with Gasteiger partial charge in [0, 0.05) is 31.6 Å². The van der Waals surface area contributed by atoms with E-state index in [1.54, 1.807) is 12.0 Å². The van der Waals surface area contributed by atoms with Crippen molar-refractivity contribution in [2.45, 2.75) is 38.8 Å². The fourth-order valence-electron chi connectivity index (χ4n) is 2.91. The predicted molar refractivity (Wildman–Crippen MR) is 84.3 cm³/mol. The van der Waals surface area contributed by atoms with Gasteiger partial charge >= 0.3 is 0 Å². The van der Waals surface area contributed by atoms with Crippen molar-refractivity contribution in [3.8, 4) is 5.75 Å². The first-order valence-electron chi connectivity index (χ1n) is 7.71. The van der Waals surface area contributed by atoms with Gasteiger partial charge in [0.05, 0.1) is 7.11 Å². The average molecular weight is 290 g/mol. The lowest BCUT2D eigenvalue weighted by Gasteiger charge is -2.31. The summed E-state index contributed by atoms with van der Waals surface area (Å²) in [4.78, 5) is 14.2. The molecule has 0 radical (unpaired) electrons. The largest absolute Gasteiger partial charge is 0.496 e. The molecule has 0 bridgehead atoms. The Kier molecular flexibility index (Phi) is 5.62. The monoisotopic (exact) mass is 290 g/mol. The molecule has 0 spiro atoms. The quantitative estimate of drug-likeness (QED) is 0.905. The van der Waals surface area contributed by atoms with Crippen LogP contribution in [0.1, 0.15) is 31.7 Å². The number of rotatable bonds is 5. The molecule has 21 heavy (non-hydrogen) atoms. The molecule has 2 unspecified atom stereocenters. The average Bonchev–Trinajstić information content (AvgIpc) is 2.50. The number of para-hydroxylation sites is 1. The molecular formula is C17H26N2O2. The first-order chi connectivity index (χ1) is 10.1. The van der Waals surface area contributed by atoms with E-state index in [0.29, 0.717) is 24.9 Å². The lowest BCUT2D eigenvalue weighted by atomic mass is 9.90. The van der Waals surface area contributed by atoms with Crippen LogP contribution >= 0.6 is 0 Å². The Bertz CT molecular complexity index is 476. The number of methoxy groups -OCH3 is 1. The second kappa shape index (κ2) is 7.46. The molecular weight excluding hydrogens is 264 g/mol. The van der Waals surface area contributed by atoms with Gasteiger partial charge in [0.25, 0.3) is 0 Å². The van der Waals surface area contributed by atoms with E-state index in [2.05, 4.69) is 12.2 Å². The number of ether oxygens (including phenoxy) is 1. The van der Waals surface area contributed by atoms with E-state index in [0.717, 1.165) is 17.9 Å². The van der Waals surface area contributed by atoms with E-state index in [1.807, 2.05) is 31.3 Å². The summed E-state index contributed by atoms with van der Waals surface area (Å²) in [5, 5.41) is 3.47. The summed E-state index contributed by atoms with van der Waals surface area (Å²) in [6, 6.07) is 8.16. The Morgan fingerprint density at radius 1 is 1.43 bits per heavy atom. The molecule has 4 heteroatoms. The minimum Gasteiger partial charge on any atom is -0.496 e. The van der Waals surface area contributed by atoms with Crippen LogP contribution in [0.4, 0.5) is 0 Å². The molecule has 2 rings (SSSR count). The van der Waals surface area contributed by atoms with Crippen molar-refractivity contribution in [1.82, 2.24) is 10.2 Å². The van der Waals surface area contributed by atoms with E-state index in [1.165, 1.54) is 12.8 Å². The SMILES string of the molecule is COc1ccccc1CN(C)C(=O)CC1NCCCC1C. The molecule has 1 aromatic carbocycles. The fraction of sp³-hybridized carbons (Fsp3) is 0.588. The summed E-state index contributed by atoms with van der Waals surface area (Å²) < 4.78 is 5.34. The van der Waals surface area contributed by atoms with E-state index in [4.69, 9.17) is 4.74 Å². The number of carbonyl (C=O) groups is 1. The number of carbonyl (C=O) groups excluding carboxylic acids is 1. The molecule has 116 valence electrons. The third-order valence-electron chi connectivity index (χ3n) is 4.35. The maximum atomic E-state index is 12.4. The maximum Gasteiger partial charge on any atom is 0.224 e. The van der Waals surface area contributed by atoms with Crippen molar-refractivity contribution in [1.29, 1.82) is 0 Å². The number of piperidine rings is 1. The van der Waals surface area contributed by atoms with E-state index >= 15 is 0 Å². The smallest absolute Gasteiger partial charge is 0.224 e. The molecule has 1 aromatic rings. The summed E-state index contributed by atoms with van der Waals surface area (Å²) in [6.45, 7) is 3.84. The molecule has 1 N–H and O–H groups in total. The summed E-state index contributed by atoms with van der Waals surface area (Å²) in [6.07, 6.45) is 3.00. The lowest BCUT2D eigenvalue weighted by molar-refractivity contribution is -0.131. The van der Waals surface area contributed by atoms with E-state index in [-0.39, 0.29) is 5.91 Å². The zero-order chi connectivity index (χ0) is 15.2. The number of nitrogens with zero attached hydrogens (tertiary/aromatic N) is 1. The zero-order valence-electron chi connectivity index (χ0n) is 13.3. The number of amides is 1. The first-order valence-corrected chi connectivity index (χ1v) is 7.71. The van der Waals surface area contributed by atoms with Crippen molar-refractivity contribution in [2.24, 2.45) is 5.92 Å². The van der Waals surface area contributed by atoms with Crippen molar-refractivity contribution in [3.05, 3.63) is 29.8 Å². The van der Waals surface area contributed by atoms with Crippen molar-refractivity contribution in [3.63, 3.8) is 0 Å². The van der Waals surface area contributed by atoms with Crippen molar-refractivity contribution < 1.29 is 9.53 Å². The van der Waals surface area contributed by atoms with Crippen LogP contribution in [0.25, 0.3) is 0 Å². The van der Waals surface area contributed by atoms with Gasteiger partial charge in [0.1, 0.15) is 5.75 Å². The number of benzene rings is 1. The van der Waals surface area contributed by atoms with Crippen LogP contribution in [0.3, 0.4) is 0 Å². The van der Waals surface area contributed by atoms with Crippen LogP contribution in [0.2, 0.25) is 0 Å². The van der Waals surface area contributed by atoms with Gasteiger partial charge in [-0.1, -0.05) is 25.1 Å². The Balaban J connectivity index is 1.93. The molecule has 1 amide bonds. The lowest BCUT2D eigenvalue weighted by Crippen LogP contribution is -2.43. The summed E-state index contributed by atoms with van der Waals surface area (Å²) in [7, 11) is 3.52. The predicted octanol–water partition coefficient (Wildman–Crippen LogP) is 2.43. The molecule has 2 atom stereocenters. The van der Waals surface area contributed by atoms with Gasteiger partial charge in [0.2, 0.25) is 5.91 Å². The van der Waals surface area contributed by atoms with Crippen LogP contribution < -0.4 is 10.1 Å². The zero-order valence-corrected chi connectivity index (χ0v) is 13.3. The summed E-state index contributed by atoms with van der Waals surface area (Å²) in [5.74, 6) is 1.59. The second-order valence-corrected chi connectivity index (χ2v) is 5.95. The Morgan fingerprint density at radius 2 is 2.19 bits per heavy atom. The number of hydrogen-bond donors (Lipinski definition) is 1. The molecule has 0 aromatic heterocycles. The van der Waals surface area contributed by atoms with Gasteiger partial charge in [-0.2, -0.15) is 0 Å². The molecule has 1 heterocycles.